The highest BCUT2D eigenvalue weighted by molar-refractivity contribution is 5.95. The van der Waals surface area contributed by atoms with Crippen molar-refractivity contribution in [2.75, 3.05) is 23.9 Å². The van der Waals surface area contributed by atoms with E-state index in [-0.39, 0.29) is 5.91 Å². The van der Waals surface area contributed by atoms with E-state index in [2.05, 4.69) is 15.3 Å². The maximum Gasteiger partial charge on any atom is 0.230 e. The Hall–Kier alpha value is -2.63. The zero-order valence-electron chi connectivity index (χ0n) is 11.7. The molecule has 6 nitrogen and oxygen atoms in total. The Bertz CT molecular complexity index is 642. The Balaban J connectivity index is 1.90. The van der Waals surface area contributed by atoms with Crippen molar-refractivity contribution in [1.82, 2.24) is 9.97 Å². The van der Waals surface area contributed by atoms with Crippen molar-refractivity contribution in [2.45, 2.75) is 13.0 Å². The van der Waals surface area contributed by atoms with Crippen LogP contribution in [0.4, 0.5) is 11.5 Å². The number of amides is 1. The number of fused-ring (bicyclic) bond motifs is 1. The van der Waals surface area contributed by atoms with Gasteiger partial charge in [-0.1, -0.05) is 12.1 Å². The van der Waals surface area contributed by atoms with E-state index >= 15 is 0 Å². The van der Waals surface area contributed by atoms with E-state index in [4.69, 9.17) is 4.74 Å². The largest absolute Gasteiger partial charge is 0.491 e. The van der Waals surface area contributed by atoms with Gasteiger partial charge >= 0.3 is 0 Å². The van der Waals surface area contributed by atoms with Gasteiger partial charge in [-0.15, -0.1) is 0 Å². The summed E-state index contributed by atoms with van der Waals surface area (Å²) in [6, 6.07) is 7.54. The van der Waals surface area contributed by atoms with Crippen molar-refractivity contribution in [3.8, 4) is 5.75 Å². The van der Waals surface area contributed by atoms with Crippen molar-refractivity contribution in [2.24, 2.45) is 0 Å². The second kappa shape index (κ2) is 5.78. The van der Waals surface area contributed by atoms with Crippen molar-refractivity contribution < 1.29 is 9.53 Å². The molecule has 1 aromatic heterocycles. The zero-order valence-corrected chi connectivity index (χ0v) is 11.7. The summed E-state index contributed by atoms with van der Waals surface area (Å²) in [5, 5.41) is 2.92. The molecule has 1 N–H and O–H groups in total. The average Bonchev–Trinajstić information content (AvgIpc) is 2.68. The van der Waals surface area contributed by atoms with Crippen LogP contribution in [0.2, 0.25) is 0 Å². The van der Waals surface area contributed by atoms with Crippen LogP contribution in [0.3, 0.4) is 0 Å². The van der Waals surface area contributed by atoms with Gasteiger partial charge in [0.1, 0.15) is 11.6 Å². The number of nitrogens with one attached hydrogen (secondary N) is 1. The van der Waals surface area contributed by atoms with Crippen molar-refractivity contribution >= 4 is 17.4 Å². The predicted molar refractivity (Wildman–Crippen MR) is 79.3 cm³/mol. The SMILES string of the molecule is CNc1cnc(CN2C(=O)CCOc3ccccc32)cn1. The monoisotopic (exact) mass is 284 g/mol. The van der Waals surface area contributed by atoms with Crippen molar-refractivity contribution in [1.29, 1.82) is 0 Å². The van der Waals surface area contributed by atoms with E-state index in [0.717, 1.165) is 17.1 Å². The highest BCUT2D eigenvalue weighted by Crippen LogP contribution is 2.31. The molecule has 108 valence electrons. The van der Waals surface area contributed by atoms with E-state index in [1.54, 1.807) is 24.3 Å². The number of hydrogen-bond donors (Lipinski definition) is 1. The normalized spacial score (nSPS) is 14.1. The first-order chi connectivity index (χ1) is 10.3. The number of anilines is 2. The number of hydrogen-bond acceptors (Lipinski definition) is 5. The summed E-state index contributed by atoms with van der Waals surface area (Å²) in [5.74, 6) is 1.45. The van der Waals surface area contributed by atoms with E-state index in [9.17, 15) is 4.79 Å². The minimum atomic E-state index is 0.0273. The number of benzene rings is 1. The fourth-order valence-corrected chi connectivity index (χ4v) is 2.22. The van der Waals surface area contributed by atoms with Gasteiger partial charge in [-0.05, 0) is 12.1 Å². The van der Waals surface area contributed by atoms with Crippen LogP contribution in [-0.2, 0) is 11.3 Å². The summed E-state index contributed by atoms with van der Waals surface area (Å²) in [6.07, 6.45) is 3.68. The number of aromatic nitrogens is 2. The molecule has 0 aliphatic carbocycles. The Labute approximate surface area is 122 Å². The molecule has 1 aliphatic rings. The molecule has 0 fully saturated rings. The number of carbonyl (C=O) groups excluding carboxylic acids is 1. The minimum Gasteiger partial charge on any atom is -0.491 e. The first-order valence-corrected chi connectivity index (χ1v) is 6.79. The van der Waals surface area contributed by atoms with E-state index in [0.29, 0.717) is 25.4 Å². The van der Waals surface area contributed by atoms with Crippen LogP contribution in [0.5, 0.6) is 5.75 Å². The van der Waals surface area contributed by atoms with Gasteiger partial charge in [0.2, 0.25) is 5.91 Å². The second-order valence-corrected chi connectivity index (χ2v) is 4.69. The number of carbonyl (C=O) groups is 1. The number of rotatable bonds is 3. The Morgan fingerprint density at radius 2 is 2.14 bits per heavy atom. The molecule has 1 amide bonds. The van der Waals surface area contributed by atoms with Crippen LogP contribution >= 0.6 is 0 Å². The minimum absolute atomic E-state index is 0.0273. The number of ether oxygens (including phenoxy) is 1. The summed E-state index contributed by atoms with van der Waals surface area (Å²) >= 11 is 0. The first kappa shape index (κ1) is 13.4. The van der Waals surface area contributed by atoms with Crippen molar-refractivity contribution in [3.05, 3.63) is 42.4 Å². The summed E-state index contributed by atoms with van der Waals surface area (Å²) in [6.45, 7) is 0.785. The highest BCUT2D eigenvalue weighted by Gasteiger charge is 2.23. The summed E-state index contributed by atoms with van der Waals surface area (Å²) in [5.41, 5.74) is 1.51. The van der Waals surface area contributed by atoms with E-state index < -0.39 is 0 Å². The van der Waals surface area contributed by atoms with Gasteiger partial charge in [0.25, 0.3) is 0 Å². The van der Waals surface area contributed by atoms with Crippen LogP contribution in [-0.4, -0.2) is 29.5 Å². The van der Waals surface area contributed by atoms with Crippen LogP contribution < -0.4 is 15.0 Å². The molecule has 21 heavy (non-hydrogen) atoms. The topological polar surface area (TPSA) is 67.4 Å². The maximum atomic E-state index is 12.3. The highest BCUT2D eigenvalue weighted by atomic mass is 16.5. The molecule has 1 aromatic carbocycles. The Morgan fingerprint density at radius 1 is 1.29 bits per heavy atom. The molecule has 0 saturated heterocycles. The Kier molecular flexibility index (Phi) is 3.68. The molecular weight excluding hydrogens is 268 g/mol. The van der Waals surface area contributed by atoms with Gasteiger partial charge in [-0.25, -0.2) is 4.98 Å². The molecule has 0 atom stereocenters. The summed E-state index contributed by atoms with van der Waals surface area (Å²) in [7, 11) is 1.79. The predicted octanol–water partition coefficient (Wildman–Crippen LogP) is 1.83. The summed E-state index contributed by atoms with van der Waals surface area (Å²) < 4.78 is 5.61. The van der Waals surface area contributed by atoms with E-state index in [1.165, 1.54) is 0 Å². The van der Waals surface area contributed by atoms with Crippen LogP contribution in [0.1, 0.15) is 12.1 Å². The smallest absolute Gasteiger partial charge is 0.230 e. The van der Waals surface area contributed by atoms with Gasteiger partial charge in [0.05, 0.1) is 43.3 Å². The molecule has 1 aliphatic heterocycles. The zero-order chi connectivity index (χ0) is 14.7. The molecule has 6 heteroatoms. The lowest BCUT2D eigenvalue weighted by molar-refractivity contribution is -0.118. The van der Waals surface area contributed by atoms with Crippen LogP contribution in [0, 0.1) is 0 Å². The standard InChI is InChI=1S/C15H16N4O2/c1-16-14-9-17-11(8-18-14)10-19-12-4-2-3-5-13(12)21-7-6-15(19)20/h2-5,8-9H,6-7,10H2,1H3,(H,16,18). The molecule has 0 radical (unpaired) electrons. The molecule has 2 heterocycles. The molecular formula is C15H16N4O2. The first-order valence-electron chi connectivity index (χ1n) is 6.79. The fourth-order valence-electron chi connectivity index (χ4n) is 2.22. The third kappa shape index (κ3) is 2.79. The number of nitrogens with zero attached hydrogens (tertiary/aromatic N) is 3. The fraction of sp³-hybridized carbons (Fsp3) is 0.267. The van der Waals surface area contributed by atoms with Gasteiger partial charge in [-0.2, -0.15) is 0 Å². The summed E-state index contributed by atoms with van der Waals surface area (Å²) in [4.78, 5) is 22.5. The van der Waals surface area contributed by atoms with Gasteiger partial charge in [0, 0.05) is 7.05 Å². The average molecular weight is 284 g/mol. The van der Waals surface area contributed by atoms with Gasteiger partial charge < -0.3 is 15.0 Å². The lowest BCUT2D eigenvalue weighted by Crippen LogP contribution is -2.30. The van der Waals surface area contributed by atoms with Gasteiger partial charge in [0.15, 0.2) is 0 Å². The molecule has 0 spiro atoms. The second-order valence-electron chi connectivity index (χ2n) is 4.69. The third-order valence-electron chi connectivity index (χ3n) is 3.31. The van der Waals surface area contributed by atoms with Gasteiger partial charge in [-0.3, -0.25) is 9.78 Å². The van der Waals surface area contributed by atoms with E-state index in [1.807, 2.05) is 24.3 Å². The Morgan fingerprint density at radius 3 is 2.90 bits per heavy atom. The quantitative estimate of drug-likeness (QED) is 0.931. The van der Waals surface area contributed by atoms with Crippen LogP contribution in [0.25, 0.3) is 0 Å². The lowest BCUT2D eigenvalue weighted by Gasteiger charge is -2.21. The molecule has 0 unspecified atom stereocenters. The third-order valence-corrected chi connectivity index (χ3v) is 3.31. The number of para-hydroxylation sites is 2. The molecule has 0 bridgehead atoms. The maximum absolute atomic E-state index is 12.3. The molecule has 0 saturated carbocycles. The molecule has 3 rings (SSSR count). The lowest BCUT2D eigenvalue weighted by atomic mass is 10.2. The van der Waals surface area contributed by atoms with Crippen LogP contribution in [0.15, 0.2) is 36.7 Å². The van der Waals surface area contributed by atoms with Crippen molar-refractivity contribution in [3.63, 3.8) is 0 Å². The molecule has 2 aromatic rings.